The van der Waals surface area contributed by atoms with Crippen molar-refractivity contribution in [2.45, 2.75) is 57.0 Å². The SMILES string of the molecule is CC(CO)(CCCOCC1CCOCC1)NC1CC1. The van der Waals surface area contributed by atoms with E-state index in [9.17, 15) is 5.11 Å². The van der Waals surface area contributed by atoms with Crippen LogP contribution >= 0.6 is 0 Å². The first-order chi connectivity index (χ1) is 9.22. The summed E-state index contributed by atoms with van der Waals surface area (Å²) < 4.78 is 11.1. The smallest absolute Gasteiger partial charge is 0.0610 e. The van der Waals surface area contributed by atoms with Gasteiger partial charge < -0.3 is 19.9 Å². The van der Waals surface area contributed by atoms with Gasteiger partial charge >= 0.3 is 0 Å². The normalized spacial score (nSPS) is 24.3. The number of hydrogen-bond acceptors (Lipinski definition) is 4. The lowest BCUT2D eigenvalue weighted by atomic mass is 9.97. The van der Waals surface area contributed by atoms with Gasteiger partial charge in [0.1, 0.15) is 0 Å². The predicted octanol–water partition coefficient (Wildman–Crippen LogP) is 1.71. The molecule has 0 spiro atoms. The largest absolute Gasteiger partial charge is 0.394 e. The van der Waals surface area contributed by atoms with Crippen LogP contribution in [0.15, 0.2) is 0 Å². The van der Waals surface area contributed by atoms with E-state index in [1.54, 1.807) is 0 Å². The Hall–Kier alpha value is -0.160. The van der Waals surface area contributed by atoms with Gasteiger partial charge in [-0.1, -0.05) is 0 Å². The summed E-state index contributed by atoms with van der Waals surface area (Å²) in [5.74, 6) is 0.683. The van der Waals surface area contributed by atoms with Crippen LogP contribution in [0.2, 0.25) is 0 Å². The molecule has 0 aromatic carbocycles. The van der Waals surface area contributed by atoms with Crippen molar-refractivity contribution < 1.29 is 14.6 Å². The first-order valence-corrected chi connectivity index (χ1v) is 7.76. The Labute approximate surface area is 116 Å². The maximum Gasteiger partial charge on any atom is 0.0610 e. The van der Waals surface area contributed by atoms with Gasteiger partial charge in [-0.15, -0.1) is 0 Å². The van der Waals surface area contributed by atoms with E-state index in [4.69, 9.17) is 9.47 Å². The summed E-state index contributed by atoms with van der Waals surface area (Å²) >= 11 is 0. The highest BCUT2D eigenvalue weighted by Crippen LogP contribution is 2.24. The van der Waals surface area contributed by atoms with Gasteiger partial charge in [-0.25, -0.2) is 0 Å². The summed E-state index contributed by atoms with van der Waals surface area (Å²) in [7, 11) is 0. The van der Waals surface area contributed by atoms with E-state index in [0.717, 1.165) is 52.1 Å². The molecule has 2 fully saturated rings. The molecule has 0 amide bonds. The molecule has 0 aromatic heterocycles. The molecule has 1 saturated carbocycles. The fraction of sp³-hybridized carbons (Fsp3) is 1.00. The van der Waals surface area contributed by atoms with Gasteiger partial charge in [0.2, 0.25) is 0 Å². The van der Waals surface area contributed by atoms with E-state index in [0.29, 0.717) is 12.0 Å². The van der Waals surface area contributed by atoms with Crippen LogP contribution in [0.5, 0.6) is 0 Å². The quantitative estimate of drug-likeness (QED) is 0.627. The second-order valence-electron chi connectivity index (χ2n) is 6.37. The maximum absolute atomic E-state index is 9.51. The molecule has 112 valence electrons. The maximum atomic E-state index is 9.51. The van der Waals surface area contributed by atoms with Crippen LogP contribution in [-0.4, -0.2) is 49.7 Å². The van der Waals surface area contributed by atoms with Crippen LogP contribution < -0.4 is 5.32 Å². The Morgan fingerprint density at radius 2 is 2.00 bits per heavy atom. The van der Waals surface area contributed by atoms with E-state index < -0.39 is 0 Å². The number of aliphatic hydroxyl groups is 1. The van der Waals surface area contributed by atoms with Crippen LogP contribution in [0.3, 0.4) is 0 Å². The zero-order chi connectivity index (χ0) is 13.6. The highest BCUT2D eigenvalue weighted by atomic mass is 16.5. The topological polar surface area (TPSA) is 50.7 Å². The second kappa shape index (κ2) is 7.58. The van der Waals surface area contributed by atoms with Crippen LogP contribution in [0.25, 0.3) is 0 Å². The van der Waals surface area contributed by atoms with Crippen molar-refractivity contribution in [3.8, 4) is 0 Å². The number of ether oxygens (including phenoxy) is 2. The van der Waals surface area contributed by atoms with Crippen molar-refractivity contribution in [1.82, 2.24) is 5.32 Å². The predicted molar refractivity (Wildman–Crippen MR) is 75.2 cm³/mol. The lowest BCUT2D eigenvalue weighted by Crippen LogP contribution is -2.47. The molecule has 1 heterocycles. The molecule has 2 rings (SSSR count). The first-order valence-electron chi connectivity index (χ1n) is 7.76. The third kappa shape index (κ3) is 5.78. The monoisotopic (exact) mass is 271 g/mol. The standard InChI is InChI=1S/C15H29NO3/c1-15(12-17,16-14-3-4-14)7-2-8-19-11-13-5-9-18-10-6-13/h13-14,16-17H,2-12H2,1H3. The van der Waals surface area contributed by atoms with Crippen LogP contribution in [0, 0.1) is 5.92 Å². The minimum atomic E-state index is -0.122. The summed E-state index contributed by atoms with van der Waals surface area (Å²) in [5.41, 5.74) is -0.122. The molecular weight excluding hydrogens is 242 g/mol. The first kappa shape index (κ1) is 15.2. The molecule has 1 aliphatic heterocycles. The van der Waals surface area contributed by atoms with Crippen molar-refractivity contribution in [3.63, 3.8) is 0 Å². The van der Waals surface area contributed by atoms with Crippen LogP contribution in [0.4, 0.5) is 0 Å². The van der Waals surface area contributed by atoms with Gasteiger partial charge in [0.05, 0.1) is 6.61 Å². The highest BCUT2D eigenvalue weighted by Gasteiger charge is 2.31. The molecule has 1 saturated heterocycles. The van der Waals surface area contributed by atoms with E-state index in [1.807, 2.05) is 0 Å². The second-order valence-corrected chi connectivity index (χ2v) is 6.37. The molecule has 1 atom stereocenters. The van der Waals surface area contributed by atoms with Crippen molar-refractivity contribution in [2.24, 2.45) is 5.92 Å². The molecule has 0 aromatic rings. The molecule has 2 aliphatic rings. The molecule has 1 unspecified atom stereocenters. The van der Waals surface area contributed by atoms with Gasteiger partial charge in [0, 0.05) is 38.0 Å². The Morgan fingerprint density at radius 1 is 1.26 bits per heavy atom. The third-order valence-electron chi connectivity index (χ3n) is 4.19. The number of aliphatic hydroxyl groups excluding tert-OH is 1. The van der Waals surface area contributed by atoms with Gasteiger partial charge in [-0.3, -0.25) is 0 Å². The molecule has 0 radical (unpaired) electrons. The van der Waals surface area contributed by atoms with Crippen molar-refractivity contribution in [3.05, 3.63) is 0 Å². The Balaban J connectivity index is 1.52. The number of nitrogens with one attached hydrogen (secondary N) is 1. The van der Waals surface area contributed by atoms with Crippen LogP contribution in [0.1, 0.15) is 45.4 Å². The summed E-state index contributed by atoms with van der Waals surface area (Å²) in [5, 5.41) is 13.0. The molecule has 0 bridgehead atoms. The Bertz CT molecular complexity index is 252. The highest BCUT2D eigenvalue weighted by molar-refractivity contribution is 4.92. The molecule has 1 aliphatic carbocycles. The number of rotatable bonds is 9. The summed E-state index contributed by atoms with van der Waals surface area (Å²) in [6.07, 6.45) is 6.79. The number of hydrogen-bond donors (Lipinski definition) is 2. The van der Waals surface area contributed by atoms with Crippen molar-refractivity contribution in [2.75, 3.05) is 33.0 Å². The van der Waals surface area contributed by atoms with Crippen LogP contribution in [-0.2, 0) is 9.47 Å². The Morgan fingerprint density at radius 3 is 2.63 bits per heavy atom. The van der Waals surface area contributed by atoms with E-state index in [2.05, 4.69) is 12.2 Å². The van der Waals surface area contributed by atoms with E-state index in [-0.39, 0.29) is 12.1 Å². The fourth-order valence-electron chi connectivity index (χ4n) is 2.64. The van der Waals surface area contributed by atoms with E-state index in [1.165, 1.54) is 12.8 Å². The van der Waals surface area contributed by atoms with Gasteiger partial charge in [-0.2, -0.15) is 0 Å². The lowest BCUT2D eigenvalue weighted by molar-refractivity contribution is 0.0180. The van der Waals surface area contributed by atoms with Gasteiger partial charge in [0.25, 0.3) is 0 Å². The average molecular weight is 271 g/mol. The molecule has 4 heteroatoms. The third-order valence-corrected chi connectivity index (χ3v) is 4.19. The zero-order valence-corrected chi connectivity index (χ0v) is 12.2. The van der Waals surface area contributed by atoms with Crippen molar-refractivity contribution >= 4 is 0 Å². The van der Waals surface area contributed by atoms with Gasteiger partial charge in [0.15, 0.2) is 0 Å². The van der Waals surface area contributed by atoms with E-state index >= 15 is 0 Å². The Kier molecular flexibility index (Phi) is 6.07. The minimum Gasteiger partial charge on any atom is -0.394 e. The average Bonchev–Trinajstić information content (AvgIpc) is 3.23. The fourth-order valence-corrected chi connectivity index (χ4v) is 2.64. The summed E-state index contributed by atoms with van der Waals surface area (Å²) in [6.45, 7) is 5.78. The molecule has 2 N–H and O–H groups in total. The lowest BCUT2D eigenvalue weighted by Gasteiger charge is -2.29. The molecular formula is C15H29NO3. The molecule has 4 nitrogen and oxygen atoms in total. The summed E-state index contributed by atoms with van der Waals surface area (Å²) in [4.78, 5) is 0. The summed E-state index contributed by atoms with van der Waals surface area (Å²) in [6, 6.07) is 0.639. The van der Waals surface area contributed by atoms with Gasteiger partial charge in [-0.05, 0) is 51.4 Å². The zero-order valence-electron chi connectivity index (χ0n) is 12.2. The minimum absolute atomic E-state index is 0.122. The van der Waals surface area contributed by atoms with Crippen molar-refractivity contribution in [1.29, 1.82) is 0 Å². The molecule has 19 heavy (non-hydrogen) atoms.